The molecule has 1 unspecified atom stereocenters. The van der Waals surface area contributed by atoms with Crippen molar-refractivity contribution in [2.75, 3.05) is 19.6 Å². The molecule has 5 nitrogen and oxygen atoms in total. The van der Waals surface area contributed by atoms with Crippen LogP contribution in [0.15, 0.2) is 12.2 Å². The molecule has 16 heavy (non-hydrogen) atoms. The molecular weight excluding hydrogens is 208 g/mol. The average Bonchev–Trinajstić information content (AvgIpc) is 2.22. The van der Waals surface area contributed by atoms with E-state index in [0.29, 0.717) is 19.6 Å². The summed E-state index contributed by atoms with van der Waals surface area (Å²) in [7, 11) is 0. The van der Waals surface area contributed by atoms with Crippen LogP contribution in [0.1, 0.15) is 19.8 Å². The van der Waals surface area contributed by atoms with Gasteiger partial charge in [-0.25, -0.2) is 0 Å². The van der Waals surface area contributed by atoms with Crippen LogP contribution >= 0.6 is 0 Å². The van der Waals surface area contributed by atoms with Crippen molar-refractivity contribution in [2.24, 2.45) is 0 Å². The Hall–Kier alpha value is -1.36. The van der Waals surface area contributed by atoms with Crippen LogP contribution < -0.4 is 5.32 Å². The van der Waals surface area contributed by atoms with E-state index in [1.807, 2.05) is 11.8 Å². The Morgan fingerprint density at radius 3 is 2.94 bits per heavy atom. The van der Waals surface area contributed by atoms with Gasteiger partial charge in [0, 0.05) is 19.6 Å². The molecule has 5 heteroatoms. The fourth-order valence-electron chi connectivity index (χ4n) is 1.74. The first kappa shape index (κ1) is 12.7. The largest absolute Gasteiger partial charge is 0.481 e. The molecule has 0 spiro atoms. The first-order chi connectivity index (χ1) is 7.54. The van der Waals surface area contributed by atoms with E-state index >= 15 is 0 Å². The average molecular weight is 226 g/mol. The summed E-state index contributed by atoms with van der Waals surface area (Å²) in [5.74, 6) is -1.15. The molecule has 0 aromatic rings. The maximum atomic E-state index is 11.6. The Labute approximate surface area is 95.1 Å². The monoisotopic (exact) mass is 226 g/mol. The van der Waals surface area contributed by atoms with Crippen molar-refractivity contribution in [3.8, 4) is 0 Å². The Kier molecular flexibility index (Phi) is 4.49. The summed E-state index contributed by atoms with van der Waals surface area (Å²) >= 11 is 0. The minimum atomic E-state index is -0.950. The topological polar surface area (TPSA) is 69.6 Å². The van der Waals surface area contributed by atoms with Crippen LogP contribution in [0.25, 0.3) is 0 Å². The van der Waals surface area contributed by atoms with Crippen LogP contribution in [-0.2, 0) is 9.59 Å². The smallest absolute Gasteiger partial charge is 0.305 e. The van der Waals surface area contributed by atoms with Gasteiger partial charge in [-0.2, -0.15) is 0 Å². The molecule has 1 heterocycles. The molecule has 1 rings (SSSR count). The van der Waals surface area contributed by atoms with Crippen molar-refractivity contribution in [1.29, 1.82) is 0 Å². The lowest BCUT2D eigenvalue weighted by Crippen LogP contribution is -2.56. The van der Waals surface area contributed by atoms with Gasteiger partial charge in [0.15, 0.2) is 0 Å². The number of carbonyl (C=O) groups is 2. The van der Waals surface area contributed by atoms with E-state index in [1.165, 1.54) is 0 Å². The first-order valence-electron chi connectivity index (χ1n) is 5.44. The number of hydrogen-bond acceptors (Lipinski definition) is 3. The molecule has 0 aromatic heterocycles. The number of rotatable bonds is 5. The lowest BCUT2D eigenvalue weighted by Gasteiger charge is -2.34. The van der Waals surface area contributed by atoms with Gasteiger partial charge in [0.2, 0.25) is 5.91 Å². The zero-order chi connectivity index (χ0) is 12.1. The van der Waals surface area contributed by atoms with Gasteiger partial charge in [-0.3, -0.25) is 14.5 Å². The number of hydrogen-bond donors (Lipinski definition) is 2. The van der Waals surface area contributed by atoms with Gasteiger partial charge in [-0.1, -0.05) is 19.1 Å². The molecule has 0 bridgehead atoms. The molecule has 2 N–H and O–H groups in total. The lowest BCUT2D eigenvalue weighted by atomic mass is 10.1. The predicted octanol–water partition coefficient (Wildman–Crippen LogP) is 0.228. The van der Waals surface area contributed by atoms with Crippen LogP contribution in [-0.4, -0.2) is 47.6 Å². The van der Waals surface area contributed by atoms with Crippen molar-refractivity contribution < 1.29 is 14.7 Å². The van der Waals surface area contributed by atoms with Crippen LogP contribution in [0, 0.1) is 0 Å². The second-order valence-electron chi connectivity index (χ2n) is 3.98. The Morgan fingerprint density at radius 2 is 2.38 bits per heavy atom. The first-order valence-corrected chi connectivity index (χ1v) is 5.44. The summed E-state index contributed by atoms with van der Waals surface area (Å²) < 4.78 is 0. The Balaban J connectivity index is 2.66. The van der Waals surface area contributed by atoms with Gasteiger partial charge >= 0.3 is 5.97 Å². The van der Waals surface area contributed by atoms with Crippen molar-refractivity contribution in [3.63, 3.8) is 0 Å². The van der Waals surface area contributed by atoms with Crippen molar-refractivity contribution in [3.05, 3.63) is 12.2 Å². The van der Waals surface area contributed by atoms with Gasteiger partial charge in [-0.05, 0) is 6.42 Å². The normalized spacial score (nSPS) is 21.6. The summed E-state index contributed by atoms with van der Waals surface area (Å²) in [5, 5.41) is 11.4. The zero-order valence-corrected chi connectivity index (χ0v) is 9.53. The van der Waals surface area contributed by atoms with E-state index in [-0.39, 0.29) is 12.3 Å². The van der Waals surface area contributed by atoms with Crippen LogP contribution in [0.2, 0.25) is 0 Å². The Morgan fingerprint density at radius 1 is 1.69 bits per heavy atom. The fourth-order valence-corrected chi connectivity index (χ4v) is 1.74. The quantitative estimate of drug-likeness (QED) is 0.658. The molecule has 1 fully saturated rings. The highest BCUT2D eigenvalue weighted by Crippen LogP contribution is 2.12. The maximum Gasteiger partial charge on any atom is 0.305 e. The van der Waals surface area contributed by atoms with Crippen molar-refractivity contribution in [1.82, 2.24) is 10.2 Å². The number of carboxylic acid groups (broad SMARTS) is 1. The molecule has 1 saturated heterocycles. The minimum Gasteiger partial charge on any atom is -0.481 e. The number of nitrogens with one attached hydrogen (secondary N) is 1. The van der Waals surface area contributed by atoms with Gasteiger partial charge in [-0.15, -0.1) is 0 Å². The van der Waals surface area contributed by atoms with Gasteiger partial charge in [0.25, 0.3) is 0 Å². The molecule has 1 atom stereocenters. The SMILES string of the molecule is C=C(CC)CN1CCNC(=O)C1CC(=O)O. The zero-order valence-electron chi connectivity index (χ0n) is 9.53. The molecule has 0 aliphatic carbocycles. The molecule has 1 aliphatic rings. The van der Waals surface area contributed by atoms with Crippen LogP contribution in [0.4, 0.5) is 0 Å². The summed E-state index contributed by atoms with van der Waals surface area (Å²) in [6.45, 7) is 7.74. The third kappa shape index (κ3) is 3.34. The van der Waals surface area contributed by atoms with Crippen molar-refractivity contribution in [2.45, 2.75) is 25.8 Å². The lowest BCUT2D eigenvalue weighted by molar-refractivity contribution is -0.143. The highest BCUT2D eigenvalue weighted by molar-refractivity contribution is 5.86. The number of nitrogens with zero attached hydrogens (tertiary/aromatic N) is 1. The number of piperazine rings is 1. The standard InChI is InChI=1S/C11H18N2O3/c1-3-8(2)7-13-5-4-12-11(16)9(13)6-10(14)15/h9H,2-7H2,1H3,(H,12,16)(H,14,15). The molecular formula is C11H18N2O3. The van der Waals surface area contributed by atoms with E-state index in [1.54, 1.807) is 0 Å². The second-order valence-corrected chi connectivity index (χ2v) is 3.98. The number of carbonyl (C=O) groups excluding carboxylic acids is 1. The number of aliphatic carboxylic acids is 1. The summed E-state index contributed by atoms with van der Waals surface area (Å²) in [5.41, 5.74) is 1.02. The third-order valence-electron chi connectivity index (χ3n) is 2.74. The van der Waals surface area contributed by atoms with E-state index < -0.39 is 12.0 Å². The molecule has 0 saturated carbocycles. The van der Waals surface area contributed by atoms with Crippen LogP contribution in [0.3, 0.4) is 0 Å². The Bertz CT molecular complexity index is 302. The molecule has 1 amide bonds. The number of carboxylic acids is 1. The van der Waals surface area contributed by atoms with E-state index in [4.69, 9.17) is 5.11 Å². The molecule has 90 valence electrons. The molecule has 0 aromatic carbocycles. The summed E-state index contributed by atoms with van der Waals surface area (Å²) in [6, 6.07) is -0.561. The van der Waals surface area contributed by atoms with Gasteiger partial charge in [0.05, 0.1) is 12.5 Å². The fraction of sp³-hybridized carbons (Fsp3) is 0.636. The minimum absolute atomic E-state index is 0.150. The summed E-state index contributed by atoms with van der Waals surface area (Å²) in [4.78, 5) is 24.1. The predicted molar refractivity (Wildman–Crippen MR) is 60.1 cm³/mol. The third-order valence-corrected chi connectivity index (χ3v) is 2.74. The number of amides is 1. The van der Waals surface area contributed by atoms with Gasteiger partial charge < -0.3 is 10.4 Å². The van der Waals surface area contributed by atoms with Crippen molar-refractivity contribution >= 4 is 11.9 Å². The van der Waals surface area contributed by atoms with Gasteiger partial charge in [0.1, 0.15) is 0 Å². The van der Waals surface area contributed by atoms with E-state index in [0.717, 1.165) is 12.0 Å². The van der Waals surface area contributed by atoms with Crippen LogP contribution in [0.5, 0.6) is 0 Å². The van der Waals surface area contributed by atoms with E-state index in [9.17, 15) is 9.59 Å². The molecule has 1 aliphatic heterocycles. The van der Waals surface area contributed by atoms with E-state index in [2.05, 4.69) is 11.9 Å². The maximum absolute atomic E-state index is 11.6. The highest BCUT2D eigenvalue weighted by atomic mass is 16.4. The molecule has 0 radical (unpaired) electrons. The second kappa shape index (κ2) is 5.65. The highest BCUT2D eigenvalue weighted by Gasteiger charge is 2.31. The summed E-state index contributed by atoms with van der Waals surface area (Å²) in [6.07, 6.45) is 0.695.